The Morgan fingerprint density at radius 3 is 2.56 bits per heavy atom. The molecule has 0 radical (unpaired) electrons. The molecule has 0 atom stereocenters. The number of halogens is 1. The number of hydrogen-bond donors (Lipinski definition) is 1. The van der Waals surface area contributed by atoms with E-state index >= 15 is 0 Å². The maximum absolute atomic E-state index is 5.38. The molecule has 1 aromatic rings. The zero-order valence-electron chi connectivity index (χ0n) is 17.1. The Kier molecular flexibility index (Phi) is 11.2. The van der Waals surface area contributed by atoms with Crippen molar-refractivity contribution in [2.24, 2.45) is 4.99 Å². The van der Waals surface area contributed by atoms with Crippen LogP contribution in [0.4, 0.5) is 0 Å². The summed E-state index contributed by atoms with van der Waals surface area (Å²) in [7, 11) is 7.25. The second-order valence-electron chi connectivity index (χ2n) is 6.69. The summed E-state index contributed by atoms with van der Waals surface area (Å²) in [5.74, 6) is 2.48. The van der Waals surface area contributed by atoms with Crippen molar-refractivity contribution in [3.63, 3.8) is 0 Å². The van der Waals surface area contributed by atoms with Gasteiger partial charge in [-0.2, -0.15) is 0 Å². The van der Waals surface area contributed by atoms with Gasteiger partial charge in [0.05, 0.1) is 14.2 Å². The van der Waals surface area contributed by atoms with E-state index in [1.807, 2.05) is 19.2 Å². The average molecular weight is 487 g/mol. The summed E-state index contributed by atoms with van der Waals surface area (Å²) in [5, 5.41) is 3.48. The topological polar surface area (TPSA) is 46.1 Å². The molecule has 0 bridgehead atoms. The molecule has 2 rings (SSSR count). The van der Waals surface area contributed by atoms with Crippen molar-refractivity contribution in [2.75, 3.05) is 41.4 Å². The number of ether oxygens (including phenoxy) is 2. The normalized spacial score (nSPS) is 14.1. The molecule has 0 fully saturated rings. The fourth-order valence-electron chi connectivity index (χ4n) is 3.29. The number of hydrogen-bond acceptors (Lipinski definition) is 3. The SMILES string of the molecule is CN=C(NCCC1=CCCCC1)N(C)CCc1ccc(OC)c(OC)c1.I. The monoisotopic (exact) mass is 487 g/mol. The van der Waals surface area contributed by atoms with E-state index in [4.69, 9.17) is 9.47 Å². The molecular formula is C21H34IN3O2. The Hall–Kier alpha value is -1.44. The van der Waals surface area contributed by atoms with Gasteiger partial charge in [0, 0.05) is 27.2 Å². The van der Waals surface area contributed by atoms with Crippen LogP contribution in [-0.4, -0.2) is 52.3 Å². The second-order valence-corrected chi connectivity index (χ2v) is 6.69. The smallest absolute Gasteiger partial charge is 0.193 e. The number of nitrogens with one attached hydrogen (secondary N) is 1. The minimum absolute atomic E-state index is 0. The summed E-state index contributed by atoms with van der Waals surface area (Å²) >= 11 is 0. The first-order chi connectivity index (χ1) is 12.7. The number of allylic oxidation sites excluding steroid dienone is 1. The number of benzene rings is 1. The molecule has 1 aromatic carbocycles. The zero-order valence-corrected chi connectivity index (χ0v) is 19.4. The molecule has 6 heteroatoms. The fourth-order valence-corrected chi connectivity index (χ4v) is 3.29. The first kappa shape index (κ1) is 23.6. The van der Waals surface area contributed by atoms with Crippen molar-refractivity contribution in [1.82, 2.24) is 10.2 Å². The van der Waals surface area contributed by atoms with Crippen LogP contribution < -0.4 is 14.8 Å². The third-order valence-corrected chi connectivity index (χ3v) is 4.87. The van der Waals surface area contributed by atoms with Crippen molar-refractivity contribution in [3.05, 3.63) is 35.4 Å². The maximum atomic E-state index is 5.38. The molecule has 0 spiro atoms. The molecule has 0 aliphatic heterocycles. The van der Waals surface area contributed by atoms with Gasteiger partial charge in [-0.15, -0.1) is 24.0 Å². The molecule has 1 aliphatic carbocycles. The van der Waals surface area contributed by atoms with Gasteiger partial charge in [-0.25, -0.2) is 0 Å². The predicted octanol–water partition coefficient (Wildman–Crippen LogP) is 4.26. The Morgan fingerprint density at radius 1 is 1.15 bits per heavy atom. The molecule has 0 amide bonds. The lowest BCUT2D eigenvalue weighted by Gasteiger charge is -2.23. The summed E-state index contributed by atoms with van der Waals surface area (Å²) in [6.45, 7) is 1.83. The van der Waals surface area contributed by atoms with E-state index in [-0.39, 0.29) is 24.0 Å². The number of rotatable bonds is 8. The van der Waals surface area contributed by atoms with E-state index in [1.54, 1.807) is 19.8 Å². The molecule has 1 N–H and O–H groups in total. The number of likely N-dealkylation sites (N-methyl/N-ethyl adjacent to an activating group) is 1. The third-order valence-electron chi connectivity index (χ3n) is 4.87. The highest BCUT2D eigenvalue weighted by Gasteiger charge is 2.09. The lowest BCUT2D eigenvalue weighted by molar-refractivity contribution is 0.354. The van der Waals surface area contributed by atoms with Crippen molar-refractivity contribution in [2.45, 2.75) is 38.5 Å². The van der Waals surface area contributed by atoms with Crippen LogP contribution in [0.1, 0.15) is 37.7 Å². The van der Waals surface area contributed by atoms with Gasteiger partial charge in [-0.05, 0) is 56.2 Å². The Labute approximate surface area is 181 Å². The molecule has 27 heavy (non-hydrogen) atoms. The molecule has 0 saturated heterocycles. The maximum Gasteiger partial charge on any atom is 0.193 e. The van der Waals surface area contributed by atoms with E-state index < -0.39 is 0 Å². The van der Waals surface area contributed by atoms with Crippen molar-refractivity contribution >= 4 is 29.9 Å². The van der Waals surface area contributed by atoms with Gasteiger partial charge in [0.2, 0.25) is 0 Å². The van der Waals surface area contributed by atoms with Crippen molar-refractivity contribution < 1.29 is 9.47 Å². The Bertz CT molecular complexity index is 632. The van der Waals surface area contributed by atoms with Crippen molar-refractivity contribution in [3.8, 4) is 11.5 Å². The largest absolute Gasteiger partial charge is 0.493 e. The summed E-state index contributed by atoms with van der Waals surface area (Å²) in [4.78, 5) is 6.58. The predicted molar refractivity (Wildman–Crippen MR) is 124 cm³/mol. The number of guanidine groups is 1. The van der Waals surface area contributed by atoms with Gasteiger partial charge in [0.1, 0.15) is 0 Å². The molecule has 0 unspecified atom stereocenters. The number of aliphatic imine (C=N–C) groups is 1. The molecular weight excluding hydrogens is 453 g/mol. The molecule has 1 aliphatic rings. The lowest BCUT2D eigenvalue weighted by atomic mass is 9.97. The highest BCUT2D eigenvalue weighted by molar-refractivity contribution is 14.0. The molecule has 0 heterocycles. The van der Waals surface area contributed by atoms with Gasteiger partial charge in [0.15, 0.2) is 17.5 Å². The second kappa shape index (κ2) is 12.9. The highest BCUT2D eigenvalue weighted by atomic mass is 127. The zero-order chi connectivity index (χ0) is 18.8. The Balaban J connectivity index is 0.00000364. The summed E-state index contributed by atoms with van der Waals surface area (Å²) in [6.07, 6.45) is 9.63. The van der Waals surface area contributed by atoms with E-state index in [0.29, 0.717) is 0 Å². The highest BCUT2D eigenvalue weighted by Crippen LogP contribution is 2.27. The first-order valence-corrected chi connectivity index (χ1v) is 9.48. The van der Waals surface area contributed by atoms with Crippen LogP contribution in [0.3, 0.4) is 0 Å². The summed E-state index contributed by atoms with van der Waals surface area (Å²) in [6, 6.07) is 6.08. The van der Waals surface area contributed by atoms with E-state index in [1.165, 1.54) is 31.2 Å². The van der Waals surface area contributed by atoms with Crippen LogP contribution in [0, 0.1) is 0 Å². The number of methoxy groups -OCH3 is 2. The molecule has 0 aromatic heterocycles. The van der Waals surface area contributed by atoms with Gasteiger partial charge in [0.25, 0.3) is 0 Å². The summed E-state index contributed by atoms with van der Waals surface area (Å²) < 4.78 is 10.7. The minimum Gasteiger partial charge on any atom is -0.493 e. The summed E-state index contributed by atoms with van der Waals surface area (Å²) in [5.41, 5.74) is 2.81. The van der Waals surface area contributed by atoms with Crippen LogP contribution in [0.25, 0.3) is 0 Å². The van der Waals surface area contributed by atoms with Crippen LogP contribution in [0.5, 0.6) is 11.5 Å². The molecule has 5 nitrogen and oxygen atoms in total. The van der Waals surface area contributed by atoms with E-state index in [9.17, 15) is 0 Å². The fraction of sp³-hybridized carbons (Fsp3) is 0.571. The van der Waals surface area contributed by atoms with Crippen molar-refractivity contribution in [1.29, 1.82) is 0 Å². The van der Waals surface area contributed by atoms with Gasteiger partial charge in [-0.3, -0.25) is 4.99 Å². The third kappa shape index (κ3) is 7.60. The minimum atomic E-state index is 0. The van der Waals surface area contributed by atoms with Crippen LogP contribution in [-0.2, 0) is 6.42 Å². The first-order valence-electron chi connectivity index (χ1n) is 9.48. The molecule has 0 saturated carbocycles. The van der Waals surface area contributed by atoms with Gasteiger partial charge >= 0.3 is 0 Å². The van der Waals surface area contributed by atoms with E-state index in [0.717, 1.165) is 43.4 Å². The average Bonchev–Trinajstić information content (AvgIpc) is 2.70. The van der Waals surface area contributed by atoms with E-state index in [2.05, 4.69) is 34.4 Å². The number of nitrogens with zero attached hydrogens (tertiary/aromatic N) is 2. The Morgan fingerprint density at radius 2 is 1.93 bits per heavy atom. The van der Waals surface area contributed by atoms with Gasteiger partial charge < -0.3 is 19.7 Å². The van der Waals surface area contributed by atoms with Gasteiger partial charge in [-0.1, -0.05) is 17.7 Å². The standard InChI is InChI=1S/C21H33N3O2.HI/c1-22-21(23-14-12-17-8-6-5-7-9-17)24(2)15-13-18-10-11-19(25-3)20(16-18)26-4;/h8,10-11,16H,5-7,9,12-15H2,1-4H3,(H,22,23);1H. The quantitative estimate of drug-likeness (QED) is 0.258. The molecule has 152 valence electrons. The lowest BCUT2D eigenvalue weighted by Crippen LogP contribution is -2.40. The van der Waals surface area contributed by atoms with Crippen LogP contribution in [0.2, 0.25) is 0 Å². The van der Waals surface area contributed by atoms with Crippen LogP contribution >= 0.6 is 24.0 Å². The van der Waals surface area contributed by atoms with Crippen LogP contribution in [0.15, 0.2) is 34.8 Å².